The maximum absolute atomic E-state index is 13.4. The van der Waals surface area contributed by atoms with Gasteiger partial charge in [-0.1, -0.05) is 43.3 Å². The zero-order valence-electron chi connectivity index (χ0n) is 18.3. The van der Waals surface area contributed by atoms with E-state index in [0.717, 1.165) is 48.4 Å². The van der Waals surface area contributed by atoms with Crippen molar-refractivity contribution in [3.8, 4) is 0 Å². The highest BCUT2D eigenvalue weighted by atomic mass is 35.5. The van der Waals surface area contributed by atoms with E-state index in [4.69, 9.17) is 11.6 Å². The van der Waals surface area contributed by atoms with Crippen LogP contribution in [0.4, 0.5) is 4.39 Å². The van der Waals surface area contributed by atoms with Crippen LogP contribution in [0, 0.1) is 19.7 Å². The van der Waals surface area contributed by atoms with Crippen molar-refractivity contribution < 1.29 is 9.18 Å². The maximum atomic E-state index is 13.4. The van der Waals surface area contributed by atoms with Gasteiger partial charge in [-0.3, -0.25) is 4.79 Å². The number of halogens is 2. The molecule has 9 heteroatoms. The van der Waals surface area contributed by atoms with Crippen LogP contribution in [0.1, 0.15) is 49.2 Å². The molecule has 0 aliphatic heterocycles. The van der Waals surface area contributed by atoms with E-state index in [-0.39, 0.29) is 11.7 Å². The SMILES string of the molecule is CCCN(CCC)C(=O)CSc1nc2nc(C)c(Cc3ccc(F)cc3Cl)c(C)n2n1. The molecule has 0 bridgehead atoms. The Morgan fingerprint density at radius 1 is 1.19 bits per heavy atom. The Balaban J connectivity index is 1.81. The van der Waals surface area contributed by atoms with Crippen molar-refractivity contribution in [3.63, 3.8) is 0 Å². The van der Waals surface area contributed by atoms with Crippen molar-refractivity contribution in [2.75, 3.05) is 18.8 Å². The van der Waals surface area contributed by atoms with Gasteiger partial charge in [-0.2, -0.15) is 4.98 Å². The van der Waals surface area contributed by atoms with Gasteiger partial charge in [0.2, 0.25) is 11.1 Å². The summed E-state index contributed by atoms with van der Waals surface area (Å²) in [6.45, 7) is 9.54. The molecule has 1 aromatic carbocycles. The maximum Gasteiger partial charge on any atom is 0.253 e. The van der Waals surface area contributed by atoms with Crippen molar-refractivity contribution in [1.29, 1.82) is 0 Å². The Bertz CT molecular complexity index is 1080. The van der Waals surface area contributed by atoms with E-state index < -0.39 is 0 Å². The first kappa shape index (κ1) is 23.5. The van der Waals surface area contributed by atoms with E-state index >= 15 is 0 Å². The summed E-state index contributed by atoms with van der Waals surface area (Å²) in [7, 11) is 0. The minimum absolute atomic E-state index is 0.0973. The van der Waals surface area contributed by atoms with Gasteiger partial charge in [0.1, 0.15) is 5.82 Å². The van der Waals surface area contributed by atoms with E-state index in [0.29, 0.717) is 28.1 Å². The molecular formula is C22H27ClFN5OS. The van der Waals surface area contributed by atoms with Gasteiger partial charge in [0.25, 0.3) is 5.78 Å². The van der Waals surface area contributed by atoms with Crippen LogP contribution in [0.25, 0.3) is 5.78 Å². The molecule has 0 saturated heterocycles. The summed E-state index contributed by atoms with van der Waals surface area (Å²) >= 11 is 7.54. The number of aromatic nitrogens is 4. The number of hydrogen-bond donors (Lipinski definition) is 0. The number of hydrogen-bond acceptors (Lipinski definition) is 5. The highest BCUT2D eigenvalue weighted by Crippen LogP contribution is 2.25. The van der Waals surface area contributed by atoms with Crippen LogP contribution in [0.5, 0.6) is 0 Å². The summed E-state index contributed by atoms with van der Waals surface area (Å²) in [5.74, 6) is 0.532. The molecule has 0 atom stereocenters. The van der Waals surface area contributed by atoms with Crippen LogP contribution in [-0.4, -0.2) is 49.2 Å². The molecule has 31 heavy (non-hydrogen) atoms. The molecule has 3 aromatic rings. The predicted molar refractivity (Wildman–Crippen MR) is 122 cm³/mol. The topological polar surface area (TPSA) is 63.4 Å². The monoisotopic (exact) mass is 463 g/mol. The molecular weight excluding hydrogens is 437 g/mol. The number of carbonyl (C=O) groups excluding carboxylic acids is 1. The van der Waals surface area contributed by atoms with Gasteiger partial charge in [-0.15, -0.1) is 5.10 Å². The normalized spacial score (nSPS) is 11.3. The van der Waals surface area contributed by atoms with Gasteiger partial charge < -0.3 is 4.90 Å². The van der Waals surface area contributed by atoms with Crippen molar-refractivity contribution >= 4 is 35.0 Å². The van der Waals surface area contributed by atoms with E-state index in [9.17, 15) is 9.18 Å². The van der Waals surface area contributed by atoms with Crippen LogP contribution < -0.4 is 0 Å². The first-order chi connectivity index (χ1) is 14.8. The van der Waals surface area contributed by atoms with E-state index in [1.165, 1.54) is 23.9 Å². The van der Waals surface area contributed by atoms with Crippen molar-refractivity contribution in [2.45, 2.75) is 52.1 Å². The fourth-order valence-electron chi connectivity index (χ4n) is 3.48. The molecule has 6 nitrogen and oxygen atoms in total. The molecule has 1 amide bonds. The second kappa shape index (κ2) is 10.4. The van der Waals surface area contributed by atoms with Crippen LogP contribution in [0.3, 0.4) is 0 Å². The fourth-order valence-corrected chi connectivity index (χ4v) is 4.44. The van der Waals surface area contributed by atoms with Crippen LogP contribution in [0.15, 0.2) is 23.4 Å². The third-order valence-corrected chi connectivity index (χ3v) is 6.25. The first-order valence-corrected chi connectivity index (χ1v) is 11.8. The predicted octanol–water partition coefficient (Wildman–Crippen LogP) is 4.87. The minimum atomic E-state index is -0.361. The summed E-state index contributed by atoms with van der Waals surface area (Å²) in [4.78, 5) is 23.5. The van der Waals surface area contributed by atoms with E-state index in [2.05, 4.69) is 28.9 Å². The Morgan fingerprint density at radius 2 is 1.90 bits per heavy atom. The lowest BCUT2D eigenvalue weighted by atomic mass is 10.0. The second-order valence-electron chi connectivity index (χ2n) is 7.45. The molecule has 0 radical (unpaired) electrons. The molecule has 0 N–H and O–H groups in total. The summed E-state index contributed by atoms with van der Waals surface area (Å²) in [5.41, 5.74) is 3.51. The third kappa shape index (κ3) is 5.54. The number of carbonyl (C=O) groups is 1. The molecule has 166 valence electrons. The van der Waals surface area contributed by atoms with Crippen LogP contribution >= 0.6 is 23.4 Å². The summed E-state index contributed by atoms with van der Waals surface area (Å²) in [6, 6.07) is 4.40. The summed E-state index contributed by atoms with van der Waals surface area (Å²) in [5, 5.41) is 5.46. The Morgan fingerprint density at radius 3 is 2.55 bits per heavy atom. The number of rotatable bonds is 9. The van der Waals surface area contributed by atoms with E-state index in [1.54, 1.807) is 10.6 Å². The number of benzene rings is 1. The van der Waals surface area contributed by atoms with Gasteiger partial charge in [-0.25, -0.2) is 13.9 Å². The highest BCUT2D eigenvalue weighted by Gasteiger charge is 2.17. The Kier molecular flexibility index (Phi) is 7.89. The molecule has 0 fully saturated rings. The molecule has 3 rings (SSSR count). The minimum Gasteiger partial charge on any atom is -0.342 e. The Hall–Kier alpha value is -2.19. The lowest BCUT2D eigenvalue weighted by Crippen LogP contribution is -2.33. The highest BCUT2D eigenvalue weighted by molar-refractivity contribution is 7.99. The average molecular weight is 464 g/mol. The van der Waals surface area contributed by atoms with Crippen molar-refractivity contribution in [2.24, 2.45) is 0 Å². The average Bonchev–Trinajstić information content (AvgIpc) is 3.13. The van der Waals surface area contributed by atoms with Crippen molar-refractivity contribution in [3.05, 3.63) is 51.6 Å². The van der Waals surface area contributed by atoms with Crippen LogP contribution in [-0.2, 0) is 11.2 Å². The smallest absolute Gasteiger partial charge is 0.253 e. The number of nitrogens with zero attached hydrogens (tertiary/aromatic N) is 5. The number of fused-ring (bicyclic) bond motifs is 1. The first-order valence-electron chi connectivity index (χ1n) is 10.4. The summed E-state index contributed by atoms with van der Waals surface area (Å²) in [6.07, 6.45) is 2.39. The zero-order valence-corrected chi connectivity index (χ0v) is 19.9. The van der Waals surface area contributed by atoms with Crippen molar-refractivity contribution in [1.82, 2.24) is 24.5 Å². The third-order valence-electron chi connectivity index (χ3n) is 5.08. The van der Waals surface area contributed by atoms with Gasteiger partial charge in [0.15, 0.2) is 0 Å². The second-order valence-corrected chi connectivity index (χ2v) is 8.80. The number of aryl methyl sites for hydroxylation is 2. The fraction of sp³-hybridized carbons (Fsp3) is 0.455. The van der Waals surface area contributed by atoms with Gasteiger partial charge in [0.05, 0.1) is 5.75 Å². The summed E-state index contributed by atoms with van der Waals surface area (Å²) < 4.78 is 15.1. The van der Waals surface area contributed by atoms with Crippen LogP contribution in [0.2, 0.25) is 5.02 Å². The molecule has 0 aliphatic rings. The van der Waals surface area contributed by atoms with Gasteiger partial charge >= 0.3 is 0 Å². The van der Waals surface area contributed by atoms with Gasteiger partial charge in [-0.05, 0) is 49.9 Å². The molecule has 2 aromatic heterocycles. The number of thioether (sulfide) groups is 1. The largest absolute Gasteiger partial charge is 0.342 e. The van der Waals surface area contributed by atoms with E-state index in [1.807, 2.05) is 18.7 Å². The molecule has 0 spiro atoms. The lowest BCUT2D eigenvalue weighted by Gasteiger charge is -2.20. The molecule has 0 aliphatic carbocycles. The molecule has 0 unspecified atom stereocenters. The quantitative estimate of drug-likeness (QED) is 0.424. The lowest BCUT2D eigenvalue weighted by molar-refractivity contribution is -0.128. The standard InChI is InChI=1S/C22H27ClFN5OS/c1-5-9-28(10-6-2)20(30)13-31-22-26-21-25-14(3)18(15(4)29(21)27-22)11-16-7-8-17(24)12-19(16)23/h7-8,12H,5-6,9-11,13H2,1-4H3. The molecule has 0 saturated carbocycles. The molecule has 2 heterocycles. The zero-order chi connectivity index (χ0) is 22.5. The Labute approximate surface area is 191 Å². The van der Waals surface area contributed by atoms with Gasteiger partial charge in [0, 0.05) is 35.9 Å². The number of amides is 1.